The summed E-state index contributed by atoms with van der Waals surface area (Å²) >= 11 is 0. The predicted octanol–water partition coefficient (Wildman–Crippen LogP) is 2.96. The third-order valence-electron chi connectivity index (χ3n) is 4.70. The summed E-state index contributed by atoms with van der Waals surface area (Å²) in [6.45, 7) is 1.25. The van der Waals surface area contributed by atoms with Gasteiger partial charge < -0.3 is 19.5 Å². The van der Waals surface area contributed by atoms with Gasteiger partial charge in [0.2, 0.25) is 0 Å². The molecule has 3 aromatic rings. The van der Waals surface area contributed by atoms with Crippen LogP contribution in [0, 0.1) is 0 Å². The van der Waals surface area contributed by atoms with E-state index in [0.29, 0.717) is 17.0 Å². The van der Waals surface area contributed by atoms with Gasteiger partial charge in [0, 0.05) is 29.3 Å². The van der Waals surface area contributed by atoms with Gasteiger partial charge in [0.25, 0.3) is 17.7 Å². The van der Waals surface area contributed by atoms with Crippen LogP contribution in [0.5, 0.6) is 17.2 Å². The minimum Gasteiger partial charge on any atom is -0.497 e. The second kappa shape index (κ2) is 11.3. The fourth-order valence-corrected chi connectivity index (χ4v) is 2.99. The highest BCUT2D eigenvalue weighted by atomic mass is 16.6. The summed E-state index contributed by atoms with van der Waals surface area (Å²) in [5.74, 6) is -1.13. The molecule has 0 heterocycles. The molecule has 10 heteroatoms. The number of esters is 1. The molecule has 0 spiro atoms. The zero-order chi connectivity index (χ0) is 25.4. The Labute approximate surface area is 201 Å². The summed E-state index contributed by atoms with van der Waals surface area (Å²) in [7, 11) is 2.90. The first kappa shape index (κ1) is 24.8. The number of benzene rings is 3. The molecule has 0 atom stereocenters. The van der Waals surface area contributed by atoms with Crippen molar-refractivity contribution >= 4 is 29.4 Å². The Morgan fingerprint density at radius 3 is 1.89 bits per heavy atom. The molecule has 180 valence electrons. The topological polar surface area (TPSA) is 132 Å². The number of rotatable bonds is 7. The number of hydrazine groups is 1. The highest BCUT2D eigenvalue weighted by Crippen LogP contribution is 2.28. The monoisotopic (exact) mass is 477 g/mol. The zero-order valence-electron chi connectivity index (χ0n) is 19.2. The smallest absolute Gasteiger partial charge is 0.308 e. The van der Waals surface area contributed by atoms with E-state index in [-0.39, 0.29) is 28.5 Å². The third-order valence-corrected chi connectivity index (χ3v) is 4.70. The van der Waals surface area contributed by atoms with Gasteiger partial charge in [0.1, 0.15) is 5.75 Å². The van der Waals surface area contributed by atoms with E-state index < -0.39 is 17.8 Å². The predicted molar refractivity (Wildman–Crippen MR) is 127 cm³/mol. The molecule has 3 N–H and O–H groups in total. The Morgan fingerprint density at radius 2 is 1.29 bits per heavy atom. The number of hydrogen-bond acceptors (Lipinski definition) is 7. The summed E-state index contributed by atoms with van der Waals surface area (Å²) in [5.41, 5.74) is 5.81. The molecule has 0 radical (unpaired) electrons. The quantitative estimate of drug-likeness (QED) is 0.271. The van der Waals surface area contributed by atoms with E-state index >= 15 is 0 Å². The number of anilines is 1. The minimum atomic E-state index is -0.616. The highest BCUT2D eigenvalue weighted by Gasteiger charge is 2.14. The van der Waals surface area contributed by atoms with Gasteiger partial charge in [-0.1, -0.05) is 6.07 Å². The van der Waals surface area contributed by atoms with Gasteiger partial charge >= 0.3 is 5.97 Å². The van der Waals surface area contributed by atoms with Crippen LogP contribution >= 0.6 is 0 Å². The molecular weight excluding hydrogens is 454 g/mol. The number of nitrogens with one attached hydrogen (secondary N) is 3. The van der Waals surface area contributed by atoms with Gasteiger partial charge in [-0.3, -0.25) is 30.0 Å². The summed E-state index contributed by atoms with van der Waals surface area (Å²) in [4.78, 5) is 48.6. The number of methoxy groups -OCH3 is 2. The zero-order valence-corrected chi connectivity index (χ0v) is 19.2. The van der Waals surface area contributed by atoms with E-state index in [0.717, 1.165) is 0 Å². The molecule has 0 bridgehead atoms. The van der Waals surface area contributed by atoms with E-state index in [1.807, 2.05) is 0 Å². The van der Waals surface area contributed by atoms with Crippen LogP contribution in [0.2, 0.25) is 0 Å². The SMILES string of the molecule is COc1ccc(C(=O)Nc2cccc(C(=O)NNC(=O)c3ccc(OC(C)=O)c(OC)c3)c2)cc1. The summed E-state index contributed by atoms with van der Waals surface area (Å²) in [6.07, 6.45) is 0. The third kappa shape index (κ3) is 6.57. The van der Waals surface area contributed by atoms with E-state index in [9.17, 15) is 19.2 Å². The van der Waals surface area contributed by atoms with Gasteiger partial charge in [0.05, 0.1) is 14.2 Å². The van der Waals surface area contributed by atoms with E-state index in [1.165, 1.54) is 51.5 Å². The number of carbonyl (C=O) groups excluding carboxylic acids is 4. The van der Waals surface area contributed by atoms with Crippen LogP contribution in [-0.2, 0) is 4.79 Å². The van der Waals surface area contributed by atoms with Crippen molar-refractivity contribution < 1.29 is 33.4 Å². The normalized spacial score (nSPS) is 10.0. The molecule has 10 nitrogen and oxygen atoms in total. The molecule has 3 rings (SSSR count). The molecular formula is C25H23N3O7. The number of ether oxygens (including phenoxy) is 3. The van der Waals surface area contributed by atoms with Crippen molar-refractivity contribution in [3.63, 3.8) is 0 Å². The summed E-state index contributed by atoms with van der Waals surface area (Å²) in [6, 6.07) is 17.0. The lowest BCUT2D eigenvalue weighted by Crippen LogP contribution is -2.41. The number of hydrogen-bond donors (Lipinski definition) is 3. The Hall–Kier alpha value is -4.86. The van der Waals surface area contributed by atoms with E-state index in [2.05, 4.69) is 16.2 Å². The van der Waals surface area contributed by atoms with E-state index in [1.54, 1.807) is 36.4 Å². The first-order valence-corrected chi connectivity index (χ1v) is 10.3. The van der Waals surface area contributed by atoms with Gasteiger partial charge in [-0.2, -0.15) is 0 Å². The maximum Gasteiger partial charge on any atom is 0.308 e. The molecule has 0 saturated heterocycles. The van der Waals surface area contributed by atoms with Crippen molar-refractivity contribution in [1.82, 2.24) is 10.9 Å². The maximum atomic E-state index is 12.5. The molecule has 0 aliphatic rings. The molecule has 3 amide bonds. The van der Waals surface area contributed by atoms with E-state index in [4.69, 9.17) is 14.2 Å². The largest absolute Gasteiger partial charge is 0.497 e. The van der Waals surface area contributed by atoms with Crippen molar-refractivity contribution in [2.24, 2.45) is 0 Å². The average molecular weight is 477 g/mol. The maximum absolute atomic E-state index is 12.5. The molecule has 0 fully saturated rings. The van der Waals surface area contributed by atoms with Crippen LogP contribution < -0.4 is 30.4 Å². The van der Waals surface area contributed by atoms with Gasteiger partial charge in [-0.25, -0.2) is 0 Å². The van der Waals surface area contributed by atoms with Gasteiger partial charge in [-0.15, -0.1) is 0 Å². The second-order valence-electron chi connectivity index (χ2n) is 7.13. The van der Waals surface area contributed by atoms with Crippen LogP contribution in [0.3, 0.4) is 0 Å². The molecule has 3 aromatic carbocycles. The summed E-state index contributed by atoms with van der Waals surface area (Å²) < 4.78 is 15.2. The molecule has 0 unspecified atom stereocenters. The molecule has 0 aliphatic heterocycles. The van der Waals surface area contributed by atoms with Crippen LogP contribution in [-0.4, -0.2) is 37.9 Å². The van der Waals surface area contributed by atoms with Gasteiger partial charge in [0.15, 0.2) is 11.5 Å². The Kier molecular flexibility index (Phi) is 8.02. The first-order valence-electron chi connectivity index (χ1n) is 10.3. The van der Waals surface area contributed by atoms with Crippen molar-refractivity contribution in [1.29, 1.82) is 0 Å². The molecule has 0 aliphatic carbocycles. The fourth-order valence-electron chi connectivity index (χ4n) is 2.99. The summed E-state index contributed by atoms with van der Waals surface area (Å²) in [5, 5.41) is 2.72. The number of amides is 3. The molecule has 0 aromatic heterocycles. The van der Waals surface area contributed by atoms with Crippen LogP contribution in [0.1, 0.15) is 38.0 Å². The van der Waals surface area contributed by atoms with Crippen molar-refractivity contribution in [2.45, 2.75) is 6.92 Å². The van der Waals surface area contributed by atoms with Crippen molar-refractivity contribution in [3.05, 3.63) is 83.4 Å². The Morgan fingerprint density at radius 1 is 0.657 bits per heavy atom. The first-order chi connectivity index (χ1) is 16.8. The number of carbonyl (C=O) groups is 4. The lowest BCUT2D eigenvalue weighted by atomic mass is 10.1. The van der Waals surface area contributed by atoms with Crippen molar-refractivity contribution in [2.75, 3.05) is 19.5 Å². The van der Waals surface area contributed by atoms with Gasteiger partial charge in [-0.05, 0) is 60.7 Å². The average Bonchev–Trinajstić information content (AvgIpc) is 2.87. The molecule has 0 saturated carbocycles. The van der Waals surface area contributed by atoms with Crippen LogP contribution in [0.4, 0.5) is 5.69 Å². The second-order valence-corrected chi connectivity index (χ2v) is 7.13. The van der Waals surface area contributed by atoms with Crippen LogP contribution in [0.15, 0.2) is 66.7 Å². The molecule has 35 heavy (non-hydrogen) atoms. The Balaban J connectivity index is 1.62. The Bertz CT molecular complexity index is 1260. The lowest BCUT2D eigenvalue weighted by Gasteiger charge is -2.11. The standard InChI is InChI=1S/C25H23N3O7/c1-15(29)35-21-12-9-18(14-22(21)34-3)25(32)28-27-24(31)17-5-4-6-19(13-17)26-23(30)16-7-10-20(33-2)11-8-16/h4-14H,1-3H3,(H,26,30)(H,27,31)(H,28,32). The lowest BCUT2D eigenvalue weighted by molar-refractivity contribution is -0.132. The van der Waals surface area contributed by atoms with Crippen molar-refractivity contribution in [3.8, 4) is 17.2 Å². The van der Waals surface area contributed by atoms with Crippen LogP contribution in [0.25, 0.3) is 0 Å². The minimum absolute atomic E-state index is 0.161. The fraction of sp³-hybridized carbons (Fsp3) is 0.120. The highest BCUT2D eigenvalue weighted by molar-refractivity contribution is 6.05.